The molecule has 0 amide bonds. The lowest BCUT2D eigenvalue weighted by Crippen LogP contribution is -2.08. The van der Waals surface area contributed by atoms with Crippen LogP contribution in [0.1, 0.15) is 24.7 Å². The van der Waals surface area contributed by atoms with Crippen LogP contribution in [0, 0.1) is 0 Å². The van der Waals surface area contributed by atoms with Gasteiger partial charge in [-0.25, -0.2) is 4.98 Å². The summed E-state index contributed by atoms with van der Waals surface area (Å²) in [6.45, 7) is 3.02. The highest BCUT2D eigenvalue weighted by Gasteiger charge is 2.12. The Kier molecular flexibility index (Phi) is 4.79. The van der Waals surface area contributed by atoms with Gasteiger partial charge < -0.3 is 14.4 Å². The second-order valence-corrected chi connectivity index (χ2v) is 5.57. The summed E-state index contributed by atoms with van der Waals surface area (Å²) in [7, 11) is 0. The fourth-order valence-corrected chi connectivity index (χ4v) is 2.77. The molecule has 0 fully saturated rings. The van der Waals surface area contributed by atoms with Crippen molar-refractivity contribution < 1.29 is 14.6 Å². The third-order valence-corrected chi connectivity index (χ3v) is 3.88. The molecule has 0 aliphatic rings. The summed E-state index contributed by atoms with van der Waals surface area (Å²) < 4.78 is 7.46. The molecular formula is C19H20N2O3. The number of hydrogen-bond donors (Lipinski definition) is 1. The molecule has 0 unspecified atom stereocenters. The molecule has 0 atom stereocenters. The number of fused-ring (bicyclic) bond motifs is 1. The highest BCUT2D eigenvalue weighted by Crippen LogP contribution is 2.20. The molecule has 3 aromatic rings. The van der Waals surface area contributed by atoms with Crippen LogP contribution < -0.4 is 4.74 Å². The first-order chi connectivity index (χ1) is 11.7. The van der Waals surface area contributed by atoms with Crippen molar-refractivity contribution in [1.82, 2.24) is 9.55 Å². The van der Waals surface area contributed by atoms with Crippen LogP contribution in [0.3, 0.4) is 0 Å². The molecule has 124 valence electrons. The van der Waals surface area contributed by atoms with Gasteiger partial charge in [-0.15, -0.1) is 0 Å². The maximum Gasteiger partial charge on any atom is 0.305 e. The van der Waals surface area contributed by atoms with Gasteiger partial charge in [0.2, 0.25) is 0 Å². The van der Waals surface area contributed by atoms with Gasteiger partial charge in [0.05, 0.1) is 24.1 Å². The fourth-order valence-electron chi connectivity index (χ4n) is 2.77. The second kappa shape index (κ2) is 7.17. The van der Waals surface area contributed by atoms with Crippen LogP contribution in [0.25, 0.3) is 11.0 Å². The normalized spacial score (nSPS) is 10.9. The molecule has 0 bridgehead atoms. The highest BCUT2D eigenvalue weighted by atomic mass is 16.5. The van der Waals surface area contributed by atoms with E-state index in [9.17, 15) is 4.79 Å². The zero-order valence-electron chi connectivity index (χ0n) is 13.6. The first kappa shape index (κ1) is 16.1. The third kappa shape index (κ3) is 3.56. The Morgan fingerprint density at radius 1 is 1.17 bits per heavy atom. The van der Waals surface area contributed by atoms with Gasteiger partial charge in [0.15, 0.2) is 0 Å². The van der Waals surface area contributed by atoms with Crippen LogP contribution in [0.4, 0.5) is 0 Å². The molecule has 3 rings (SSSR count). The lowest BCUT2D eigenvalue weighted by atomic mass is 10.1. The molecule has 1 heterocycles. The van der Waals surface area contributed by atoms with Gasteiger partial charge in [-0.2, -0.15) is 0 Å². The van der Waals surface area contributed by atoms with E-state index < -0.39 is 5.97 Å². The number of nitrogens with zero attached hydrogens (tertiary/aromatic N) is 2. The number of carboxylic acids is 1. The van der Waals surface area contributed by atoms with Gasteiger partial charge in [-0.1, -0.05) is 24.3 Å². The van der Waals surface area contributed by atoms with Crippen LogP contribution in [0.2, 0.25) is 0 Å². The zero-order valence-corrected chi connectivity index (χ0v) is 13.6. The largest absolute Gasteiger partial charge is 0.494 e. The van der Waals surface area contributed by atoms with Crippen LogP contribution in [-0.4, -0.2) is 27.2 Å². The molecule has 5 heteroatoms. The number of aromatic nitrogens is 2. The monoisotopic (exact) mass is 324 g/mol. The summed E-state index contributed by atoms with van der Waals surface area (Å²) in [5, 5.41) is 9.00. The van der Waals surface area contributed by atoms with E-state index >= 15 is 0 Å². The van der Waals surface area contributed by atoms with Crippen LogP contribution in [-0.2, 0) is 17.8 Å². The van der Waals surface area contributed by atoms with Crippen molar-refractivity contribution in [3.8, 4) is 5.75 Å². The molecule has 0 radical (unpaired) electrons. The number of imidazole rings is 1. The van der Waals surface area contributed by atoms with Gasteiger partial charge in [0.25, 0.3) is 0 Å². The SMILES string of the molecule is CCOc1ccc(Cc2nc3ccccc3n2CCC(=O)O)cc1. The number of aryl methyl sites for hydroxylation is 1. The van der Waals surface area contributed by atoms with Crippen molar-refractivity contribution >= 4 is 17.0 Å². The number of benzene rings is 2. The van der Waals surface area contributed by atoms with Crippen LogP contribution in [0.15, 0.2) is 48.5 Å². The highest BCUT2D eigenvalue weighted by molar-refractivity contribution is 5.76. The van der Waals surface area contributed by atoms with Gasteiger partial charge in [-0.3, -0.25) is 4.79 Å². The minimum atomic E-state index is -0.806. The third-order valence-electron chi connectivity index (χ3n) is 3.88. The Balaban J connectivity index is 1.89. The number of rotatable bonds is 7. The maximum atomic E-state index is 11.0. The summed E-state index contributed by atoms with van der Waals surface area (Å²) in [5.41, 5.74) is 2.98. The smallest absolute Gasteiger partial charge is 0.305 e. The molecule has 0 aliphatic carbocycles. The van der Waals surface area contributed by atoms with E-state index in [1.54, 1.807) is 0 Å². The van der Waals surface area contributed by atoms with Gasteiger partial charge in [0, 0.05) is 13.0 Å². The lowest BCUT2D eigenvalue weighted by molar-refractivity contribution is -0.137. The minimum Gasteiger partial charge on any atom is -0.494 e. The lowest BCUT2D eigenvalue weighted by Gasteiger charge is -2.09. The van der Waals surface area contributed by atoms with Crippen LogP contribution >= 0.6 is 0 Å². The van der Waals surface area contributed by atoms with Crippen molar-refractivity contribution in [2.75, 3.05) is 6.61 Å². The van der Waals surface area contributed by atoms with E-state index in [-0.39, 0.29) is 6.42 Å². The molecule has 1 N–H and O–H groups in total. The van der Waals surface area contributed by atoms with E-state index in [4.69, 9.17) is 9.84 Å². The Hall–Kier alpha value is -2.82. The molecule has 0 saturated carbocycles. The number of carbonyl (C=O) groups is 1. The molecule has 5 nitrogen and oxygen atoms in total. The number of carboxylic acid groups (broad SMARTS) is 1. The Morgan fingerprint density at radius 2 is 1.92 bits per heavy atom. The second-order valence-electron chi connectivity index (χ2n) is 5.57. The van der Waals surface area contributed by atoms with Crippen LogP contribution in [0.5, 0.6) is 5.75 Å². The molecule has 2 aromatic carbocycles. The van der Waals surface area contributed by atoms with E-state index in [0.29, 0.717) is 19.6 Å². The molecule has 0 saturated heterocycles. The fraction of sp³-hybridized carbons (Fsp3) is 0.263. The van der Waals surface area contributed by atoms with Crippen molar-refractivity contribution in [2.45, 2.75) is 26.3 Å². The Labute approximate surface area is 140 Å². The maximum absolute atomic E-state index is 11.0. The van der Waals surface area contributed by atoms with E-state index in [1.165, 1.54) is 0 Å². The topological polar surface area (TPSA) is 64.4 Å². The van der Waals surface area contributed by atoms with Gasteiger partial charge >= 0.3 is 5.97 Å². The van der Waals surface area contributed by atoms with Crippen molar-refractivity contribution in [3.05, 3.63) is 59.9 Å². The predicted octanol–water partition coefficient (Wildman–Crippen LogP) is 3.50. The van der Waals surface area contributed by atoms with E-state index in [2.05, 4.69) is 4.98 Å². The average molecular weight is 324 g/mol. The first-order valence-electron chi connectivity index (χ1n) is 8.05. The number of para-hydroxylation sites is 2. The predicted molar refractivity (Wildman–Crippen MR) is 92.4 cm³/mol. The molecule has 0 spiro atoms. The summed E-state index contributed by atoms with van der Waals surface area (Å²) in [4.78, 5) is 15.6. The first-order valence-corrected chi connectivity index (χ1v) is 8.05. The minimum absolute atomic E-state index is 0.0800. The Morgan fingerprint density at radius 3 is 2.62 bits per heavy atom. The number of aliphatic carboxylic acids is 1. The number of ether oxygens (including phenoxy) is 1. The van der Waals surface area contributed by atoms with Crippen molar-refractivity contribution in [1.29, 1.82) is 0 Å². The molecule has 1 aromatic heterocycles. The van der Waals surface area contributed by atoms with Gasteiger partial charge in [-0.05, 0) is 36.8 Å². The molecule has 24 heavy (non-hydrogen) atoms. The summed E-state index contributed by atoms with van der Waals surface area (Å²) in [6.07, 6.45) is 0.733. The van der Waals surface area contributed by atoms with Gasteiger partial charge in [0.1, 0.15) is 11.6 Å². The standard InChI is InChI=1S/C19H20N2O3/c1-2-24-15-9-7-14(8-10-15)13-18-20-16-5-3-4-6-17(16)21(18)12-11-19(22)23/h3-10H,2,11-13H2,1H3,(H,22,23). The molecule has 0 aliphatic heterocycles. The Bertz CT molecular complexity index is 837. The summed E-state index contributed by atoms with van der Waals surface area (Å²) in [5.74, 6) is 0.919. The van der Waals surface area contributed by atoms with Crippen molar-refractivity contribution in [3.63, 3.8) is 0 Å². The van der Waals surface area contributed by atoms with Crippen molar-refractivity contribution in [2.24, 2.45) is 0 Å². The molecular weight excluding hydrogens is 304 g/mol. The quantitative estimate of drug-likeness (QED) is 0.722. The van der Waals surface area contributed by atoms with E-state index in [1.807, 2.05) is 60.0 Å². The average Bonchev–Trinajstić information content (AvgIpc) is 2.92. The van der Waals surface area contributed by atoms with E-state index in [0.717, 1.165) is 28.2 Å². The summed E-state index contributed by atoms with van der Waals surface area (Å²) >= 11 is 0. The number of hydrogen-bond acceptors (Lipinski definition) is 3. The zero-order chi connectivity index (χ0) is 16.9. The summed E-state index contributed by atoms with van der Waals surface area (Å²) in [6, 6.07) is 15.8.